The van der Waals surface area contributed by atoms with Gasteiger partial charge in [-0.15, -0.1) is 0 Å². The first kappa shape index (κ1) is 13.3. The monoisotopic (exact) mass is 252 g/mol. The molecule has 0 radical (unpaired) electrons. The molecule has 0 saturated heterocycles. The van der Waals surface area contributed by atoms with Gasteiger partial charge in [-0.3, -0.25) is 0 Å². The van der Waals surface area contributed by atoms with Crippen molar-refractivity contribution < 1.29 is 9.50 Å². The number of halogens is 1. The van der Waals surface area contributed by atoms with Gasteiger partial charge in [-0.25, -0.2) is 9.37 Å². The Morgan fingerprint density at radius 3 is 2.83 bits per heavy atom. The summed E-state index contributed by atoms with van der Waals surface area (Å²) in [5.41, 5.74) is 0.565. The lowest BCUT2D eigenvalue weighted by Gasteiger charge is -2.37. The van der Waals surface area contributed by atoms with E-state index in [-0.39, 0.29) is 6.61 Å². The van der Waals surface area contributed by atoms with Gasteiger partial charge in [-0.2, -0.15) is 0 Å². The fourth-order valence-electron chi connectivity index (χ4n) is 2.94. The highest BCUT2D eigenvalue weighted by atomic mass is 19.1. The topological polar surface area (TPSA) is 36.4 Å². The third-order valence-corrected chi connectivity index (χ3v) is 3.98. The van der Waals surface area contributed by atoms with Crippen LogP contribution in [0, 0.1) is 11.7 Å². The Labute approximate surface area is 108 Å². The van der Waals surface area contributed by atoms with Crippen LogP contribution >= 0.6 is 0 Å². The molecule has 1 fully saturated rings. The Hall–Kier alpha value is -1.16. The second kappa shape index (κ2) is 5.65. The van der Waals surface area contributed by atoms with E-state index in [1.807, 2.05) is 7.05 Å². The molecule has 1 saturated carbocycles. The number of hydrogen-bond acceptors (Lipinski definition) is 3. The zero-order valence-electron chi connectivity index (χ0n) is 11.1. The van der Waals surface area contributed by atoms with Gasteiger partial charge in [-0.05, 0) is 24.8 Å². The number of aliphatic hydroxyl groups is 1. The average Bonchev–Trinajstić information content (AvgIpc) is 2.38. The standard InChI is InChI=1S/C14H21FN2O/c1-10-5-3-4-6-13(10)17(2)14-11(9-18)7-12(15)8-16-14/h7-8,10,13,18H,3-6,9H2,1-2H3. The van der Waals surface area contributed by atoms with Crippen molar-refractivity contribution in [1.82, 2.24) is 4.98 Å². The summed E-state index contributed by atoms with van der Waals surface area (Å²) in [5, 5.41) is 9.32. The van der Waals surface area contributed by atoms with Crippen LogP contribution in [0.3, 0.4) is 0 Å². The molecular formula is C14H21FN2O. The smallest absolute Gasteiger partial charge is 0.142 e. The number of anilines is 1. The van der Waals surface area contributed by atoms with Crippen LogP contribution < -0.4 is 4.90 Å². The number of pyridine rings is 1. The van der Waals surface area contributed by atoms with Gasteiger partial charge in [0.15, 0.2) is 0 Å². The molecule has 1 heterocycles. The number of aliphatic hydroxyl groups excluding tert-OH is 1. The Bertz CT molecular complexity index is 411. The van der Waals surface area contributed by atoms with Crippen molar-refractivity contribution >= 4 is 5.82 Å². The zero-order chi connectivity index (χ0) is 13.1. The van der Waals surface area contributed by atoms with Crippen molar-refractivity contribution in [3.05, 3.63) is 23.6 Å². The van der Waals surface area contributed by atoms with Gasteiger partial charge in [-0.1, -0.05) is 19.8 Å². The van der Waals surface area contributed by atoms with Crippen molar-refractivity contribution in [1.29, 1.82) is 0 Å². The minimum absolute atomic E-state index is 0.175. The van der Waals surface area contributed by atoms with E-state index in [0.29, 0.717) is 23.3 Å². The molecule has 4 heteroatoms. The Morgan fingerprint density at radius 2 is 2.17 bits per heavy atom. The van der Waals surface area contributed by atoms with Crippen LogP contribution in [0.4, 0.5) is 10.2 Å². The SMILES string of the molecule is CC1CCCCC1N(C)c1ncc(F)cc1CO. The summed E-state index contributed by atoms with van der Waals surface area (Å²) in [7, 11) is 1.99. The molecule has 0 aromatic carbocycles. The summed E-state index contributed by atoms with van der Waals surface area (Å²) in [4.78, 5) is 6.26. The second-order valence-electron chi connectivity index (χ2n) is 5.23. The first-order valence-corrected chi connectivity index (χ1v) is 6.61. The summed E-state index contributed by atoms with van der Waals surface area (Å²) in [6, 6.07) is 1.80. The minimum Gasteiger partial charge on any atom is -0.392 e. The number of nitrogens with zero attached hydrogens (tertiary/aromatic N) is 2. The molecule has 2 rings (SSSR count). The molecule has 2 unspecified atom stereocenters. The first-order valence-electron chi connectivity index (χ1n) is 6.61. The fourth-order valence-corrected chi connectivity index (χ4v) is 2.94. The van der Waals surface area contributed by atoms with Crippen LogP contribution in [0.25, 0.3) is 0 Å². The van der Waals surface area contributed by atoms with Crippen molar-refractivity contribution in [2.24, 2.45) is 5.92 Å². The molecule has 1 aliphatic rings. The normalized spacial score (nSPS) is 24.0. The third-order valence-electron chi connectivity index (χ3n) is 3.98. The van der Waals surface area contributed by atoms with Gasteiger partial charge in [0.25, 0.3) is 0 Å². The van der Waals surface area contributed by atoms with E-state index in [2.05, 4.69) is 16.8 Å². The Kier molecular flexibility index (Phi) is 4.17. The lowest BCUT2D eigenvalue weighted by atomic mass is 9.85. The number of rotatable bonds is 3. The maximum absolute atomic E-state index is 13.1. The summed E-state index contributed by atoms with van der Waals surface area (Å²) in [6.07, 6.45) is 6.11. The van der Waals surface area contributed by atoms with Gasteiger partial charge < -0.3 is 10.0 Å². The maximum atomic E-state index is 13.1. The van der Waals surface area contributed by atoms with Gasteiger partial charge in [0.05, 0.1) is 12.8 Å². The van der Waals surface area contributed by atoms with Crippen molar-refractivity contribution in [3.63, 3.8) is 0 Å². The molecule has 0 spiro atoms. The van der Waals surface area contributed by atoms with E-state index >= 15 is 0 Å². The van der Waals surface area contributed by atoms with E-state index in [1.165, 1.54) is 31.5 Å². The molecule has 1 N–H and O–H groups in total. The molecule has 0 aliphatic heterocycles. The zero-order valence-corrected chi connectivity index (χ0v) is 11.1. The van der Waals surface area contributed by atoms with E-state index in [1.54, 1.807) is 0 Å². The highest BCUT2D eigenvalue weighted by Crippen LogP contribution is 2.31. The summed E-state index contributed by atoms with van der Waals surface area (Å²) in [5.74, 6) is 0.924. The highest BCUT2D eigenvalue weighted by Gasteiger charge is 2.26. The number of aromatic nitrogens is 1. The van der Waals surface area contributed by atoms with Gasteiger partial charge in [0, 0.05) is 18.7 Å². The van der Waals surface area contributed by atoms with Crippen LogP contribution in [0.2, 0.25) is 0 Å². The molecule has 0 amide bonds. The van der Waals surface area contributed by atoms with Crippen LogP contribution in [0.5, 0.6) is 0 Å². The summed E-state index contributed by atoms with van der Waals surface area (Å²) < 4.78 is 13.1. The van der Waals surface area contributed by atoms with E-state index < -0.39 is 5.82 Å². The molecule has 0 bridgehead atoms. The van der Waals surface area contributed by atoms with Crippen molar-refractivity contribution in [2.45, 2.75) is 45.3 Å². The van der Waals surface area contributed by atoms with Gasteiger partial charge >= 0.3 is 0 Å². The highest BCUT2D eigenvalue weighted by molar-refractivity contribution is 5.47. The molecule has 2 atom stereocenters. The maximum Gasteiger partial charge on any atom is 0.142 e. The van der Waals surface area contributed by atoms with E-state index in [9.17, 15) is 9.50 Å². The van der Waals surface area contributed by atoms with Gasteiger partial charge in [0.1, 0.15) is 11.6 Å². The summed E-state index contributed by atoms with van der Waals surface area (Å²) in [6.45, 7) is 2.08. The quantitative estimate of drug-likeness (QED) is 0.898. The second-order valence-corrected chi connectivity index (χ2v) is 5.23. The molecule has 100 valence electrons. The van der Waals surface area contributed by atoms with Gasteiger partial charge in [0.2, 0.25) is 0 Å². The predicted molar refractivity (Wildman–Crippen MR) is 69.9 cm³/mol. The summed E-state index contributed by atoms with van der Waals surface area (Å²) >= 11 is 0. The molecule has 3 nitrogen and oxygen atoms in total. The molecule has 1 aromatic rings. The van der Waals surface area contributed by atoms with Crippen molar-refractivity contribution in [3.8, 4) is 0 Å². The lowest BCUT2D eigenvalue weighted by molar-refractivity contribution is 0.278. The first-order chi connectivity index (χ1) is 8.63. The van der Waals surface area contributed by atoms with E-state index in [0.717, 1.165) is 6.42 Å². The average molecular weight is 252 g/mol. The molecule has 1 aromatic heterocycles. The van der Waals surface area contributed by atoms with Crippen LogP contribution in [0.1, 0.15) is 38.2 Å². The number of hydrogen-bond donors (Lipinski definition) is 1. The Morgan fingerprint density at radius 1 is 1.44 bits per heavy atom. The lowest BCUT2D eigenvalue weighted by Crippen LogP contribution is -2.40. The fraction of sp³-hybridized carbons (Fsp3) is 0.643. The largest absolute Gasteiger partial charge is 0.392 e. The van der Waals surface area contributed by atoms with E-state index in [4.69, 9.17) is 0 Å². The molecular weight excluding hydrogens is 231 g/mol. The van der Waals surface area contributed by atoms with Crippen LogP contribution in [-0.4, -0.2) is 23.2 Å². The van der Waals surface area contributed by atoms with Crippen molar-refractivity contribution in [2.75, 3.05) is 11.9 Å². The third kappa shape index (κ3) is 2.64. The Balaban J connectivity index is 2.24. The predicted octanol–water partition coefficient (Wildman–Crippen LogP) is 2.73. The molecule has 1 aliphatic carbocycles. The minimum atomic E-state index is -0.395. The van der Waals surface area contributed by atoms with Crippen LogP contribution in [-0.2, 0) is 6.61 Å². The molecule has 18 heavy (non-hydrogen) atoms. The van der Waals surface area contributed by atoms with Crippen LogP contribution in [0.15, 0.2) is 12.3 Å².